The monoisotopic (exact) mass is 319 g/mol. The minimum absolute atomic E-state index is 0.0663. The Balaban J connectivity index is 2.40. The quantitative estimate of drug-likeness (QED) is 0.805. The van der Waals surface area contributed by atoms with Crippen LogP contribution in [0.1, 0.15) is 36.0 Å². The largest absolute Gasteiger partial charge is 0.339 e. The molecule has 7 heteroatoms. The summed E-state index contributed by atoms with van der Waals surface area (Å²) in [5, 5.41) is 0. The fourth-order valence-corrected chi connectivity index (χ4v) is 3.57. The molecule has 0 spiro atoms. The number of nitrogens with zero attached hydrogens (tertiary/aromatic N) is 1. The third-order valence-electron chi connectivity index (χ3n) is 3.63. The van der Waals surface area contributed by atoms with Gasteiger partial charge in [-0.2, -0.15) is 0 Å². The molecule has 1 aliphatic rings. The molecule has 1 aromatic carbocycles. The molecule has 1 aromatic rings. The zero-order valence-electron chi connectivity index (χ0n) is 11.0. The predicted octanol–water partition coefficient (Wildman–Crippen LogP) is 2.77. The highest BCUT2D eigenvalue weighted by Gasteiger charge is 2.28. The van der Waals surface area contributed by atoms with Crippen molar-refractivity contribution in [2.45, 2.75) is 36.6 Å². The zero-order valence-corrected chi connectivity index (χ0v) is 12.5. The molecule has 1 aliphatic carbocycles. The number of halogens is 2. The summed E-state index contributed by atoms with van der Waals surface area (Å²) in [4.78, 5) is 13.5. The number of hydrogen-bond donors (Lipinski definition) is 0. The Bertz CT molecular complexity index is 627. The highest BCUT2D eigenvalue weighted by Crippen LogP contribution is 2.27. The smallest absolute Gasteiger partial charge is 0.262 e. The molecule has 1 fully saturated rings. The number of carbonyl (C=O) groups excluding carboxylic acids is 1. The van der Waals surface area contributed by atoms with Crippen LogP contribution in [0.4, 0.5) is 4.39 Å². The van der Waals surface area contributed by atoms with Crippen LogP contribution in [0.5, 0.6) is 0 Å². The van der Waals surface area contributed by atoms with Crippen LogP contribution >= 0.6 is 10.7 Å². The lowest BCUT2D eigenvalue weighted by atomic mass is 10.1. The normalized spacial score (nSPS) is 16.4. The van der Waals surface area contributed by atoms with Crippen LogP contribution in [0, 0.1) is 5.82 Å². The molecule has 0 radical (unpaired) electrons. The van der Waals surface area contributed by atoms with E-state index in [2.05, 4.69) is 0 Å². The minimum atomic E-state index is -4.09. The van der Waals surface area contributed by atoms with E-state index in [-0.39, 0.29) is 16.5 Å². The molecule has 0 aromatic heterocycles. The van der Waals surface area contributed by atoms with E-state index < -0.39 is 20.8 Å². The highest BCUT2D eigenvalue weighted by molar-refractivity contribution is 8.13. The van der Waals surface area contributed by atoms with E-state index in [0.717, 1.165) is 43.9 Å². The average molecular weight is 320 g/mol. The van der Waals surface area contributed by atoms with Crippen LogP contribution in [0.3, 0.4) is 0 Å². The Morgan fingerprint density at radius 2 is 1.95 bits per heavy atom. The Morgan fingerprint density at radius 3 is 2.50 bits per heavy atom. The molecule has 0 bridgehead atoms. The Labute approximate surface area is 121 Å². The van der Waals surface area contributed by atoms with Gasteiger partial charge in [-0.15, -0.1) is 0 Å². The van der Waals surface area contributed by atoms with Gasteiger partial charge >= 0.3 is 0 Å². The fraction of sp³-hybridized carbons (Fsp3) is 0.462. The van der Waals surface area contributed by atoms with Crippen molar-refractivity contribution in [3.8, 4) is 0 Å². The van der Waals surface area contributed by atoms with Crippen LogP contribution in [-0.4, -0.2) is 32.3 Å². The van der Waals surface area contributed by atoms with E-state index in [0.29, 0.717) is 0 Å². The molecule has 0 heterocycles. The molecule has 0 atom stereocenters. The Kier molecular flexibility index (Phi) is 4.34. The molecule has 0 saturated heterocycles. The lowest BCUT2D eigenvalue weighted by Crippen LogP contribution is -2.35. The van der Waals surface area contributed by atoms with Crippen LogP contribution < -0.4 is 0 Å². The third-order valence-corrected chi connectivity index (χ3v) is 5.01. The van der Waals surface area contributed by atoms with E-state index in [4.69, 9.17) is 10.7 Å². The van der Waals surface area contributed by atoms with Gasteiger partial charge in [0.25, 0.3) is 15.0 Å². The summed E-state index contributed by atoms with van der Waals surface area (Å²) in [6.07, 6.45) is 3.82. The standard InChI is InChI=1S/C13H15ClFNO3S/c1-16(10-4-2-3-5-10)13(17)11-8-9(15)6-7-12(11)20(14,18)19/h6-8,10H,2-5H2,1H3. The van der Waals surface area contributed by atoms with Crippen LogP contribution in [0.25, 0.3) is 0 Å². The lowest BCUT2D eigenvalue weighted by molar-refractivity contribution is 0.0731. The number of benzene rings is 1. The second-order valence-corrected chi connectivity index (χ2v) is 7.47. The minimum Gasteiger partial charge on any atom is -0.339 e. The summed E-state index contributed by atoms with van der Waals surface area (Å²) in [5.74, 6) is -1.19. The first-order valence-corrected chi connectivity index (χ1v) is 8.63. The van der Waals surface area contributed by atoms with Gasteiger partial charge < -0.3 is 4.90 Å². The molecular formula is C13H15ClFNO3S. The van der Waals surface area contributed by atoms with Crippen molar-refractivity contribution in [3.05, 3.63) is 29.6 Å². The van der Waals surface area contributed by atoms with Crippen molar-refractivity contribution in [3.63, 3.8) is 0 Å². The number of carbonyl (C=O) groups is 1. The summed E-state index contributed by atoms with van der Waals surface area (Å²) in [6.45, 7) is 0. The molecule has 0 aliphatic heterocycles. The first kappa shape index (κ1) is 15.3. The van der Waals surface area contributed by atoms with E-state index in [1.807, 2.05) is 0 Å². The summed E-state index contributed by atoms with van der Waals surface area (Å²) < 4.78 is 36.3. The summed E-state index contributed by atoms with van der Waals surface area (Å²) in [5.41, 5.74) is -0.214. The van der Waals surface area contributed by atoms with Crippen LogP contribution in [-0.2, 0) is 9.05 Å². The average Bonchev–Trinajstić information content (AvgIpc) is 2.89. The molecule has 2 rings (SSSR count). The van der Waals surface area contributed by atoms with Crippen molar-refractivity contribution in [1.82, 2.24) is 4.90 Å². The molecule has 1 saturated carbocycles. The van der Waals surface area contributed by atoms with E-state index in [1.165, 1.54) is 4.90 Å². The summed E-state index contributed by atoms with van der Waals surface area (Å²) >= 11 is 0. The van der Waals surface area contributed by atoms with Gasteiger partial charge in [0, 0.05) is 23.8 Å². The third kappa shape index (κ3) is 3.12. The molecular weight excluding hydrogens is 305 g/mol. The van der Waals surface area contributed by atoms with E-state index in [1.54, 1.807) is 7.05 Å². The van der Waals surface area contributed by atoms with Crippen molar-refractivity contribution >= 4 is 25.6 Å². The van der Waals surface area contributed by atoms with Crippen molar-refractivity contribution in [2.75, 3.05) is 7.05 Å². The second kappa shape index (κ2) is 5.69. The van der Waals surface area contributed by atoms with Crippen molar-refractivity contribution in [2.24, 2.45) is 0 Å². The van der Waals surface area contributed by atoms with Gasteiger partial charge in [-0.05, 0) is 31.0 Å². The van der Waals surface area contributed by atoms with Gasteiger partial charge in [0.1, 0.15) is 5.82 Å². The van der Waals surface area contributed by atoms with E-state index in [9.17, 15) is 17.6 Å². The van der Waals surface area contributed by atoms with Crippen LogP contribution in [0.15, 0.2) is 23.1 Å². The van der Waals surface area contributed by atoms with Crippen molar-refractivity contribution in [1.29, 1.82) is 0 Å². The fourth-order valence-electron chi connectivity index (χ4n) is 2.53. The van der Waals surface area contributed by atoms with Gasteiger partial charge in [-0.1, -0.05) is 12.8 Å². The molecule has 110 valence electrons. The molecule has 1 amide bonds. The maximum atomic E-state index is 13.3. The number of hydrogen-bond acceptors (Lipinski definition) is 3. The molecule has 20 heavy (non-hydrogen) atoms. The molecule has 0 unspecified atom stereocenters. The SMILES string of the molecule is CN(C(=O)c1cc(F)ccc1S(=O)(=O)Cl)C1CCCC1. The first-order valence-electron chi connectivity index (χ1n) is 6.32. The zero-order chi connectivity index (χ0) is 14.9. The summed E-state index contributed by atoms with van der Waals surface area (Å²) in [6, 6.07) is 2.98. The summed E-state index contributed by atoms with van der Waals surface area (Å²) in [7, 11) is 2.81. The maximum absolute atomic E-state index is 13.3. The van der Waals surface area contributed by atoms with Gasteiger partial charge in [0.2, 0.25) is 0 Å². The highest BCUT2D eigenvalue weighted by atomic mass is 35.7. The predicted molar refractivity (Wildman–Crippen MR) is 73.8 cm³/mol. The van der Waals surface area contributed by atoms with Crippen molar-refractivity contribution < 1.29 is 17.6 Å². The topological polar surface area (TPSA) is 54.5 Å². The second-order valence-electron chi connectivity index (χ2n) is 4.93. The number of amides is 1. The lowest BCUT2D eigenvalue weighted by Gasteiger charge is -2.25. The Hall–Kier alpha value is -1.14. The van der Waals surface area contributed by atoms with Gasteiger partial charge in [-0.25, -0.2) is 12.8 Å². The first-order chi connectivity index (χ1) is 9.30. The van der Waals surface area contributed by atoms with E-state index >= 15 is 0 Å². The van der Waals surface area contributed by atoms with Gasteiger partial charge in [-0.3, -0.25) is 4.79 Å². The Morgan fingerprint density at radius 1 is 1.35 bits per heavy atom. The molecule has 4 nitrogen and oxygen atoms in total. The van der Waals surface area contributed by atoms with Crippen LogP contribution in [0.2, 0.25) is 0 Å². The van der Waals surface area contributed by atoms with Gasteiger partial charge in [0.15, 0.2) is 0 Å². The molecule has 0 N–H and O–H groups in total. The number of rotatable bonds is 3. The van der Waals surface area contributed by atoms with Gasteiger partial charge in [0.05, 0.1) is 10.5 Å². The maximum Gasteiger partial charge on any atom is 0.262 e.